The first kappa shape index (κ1) is 20.1. The van der Waals surface area contributed by atoms with Crippen molar-refractivity contribution in [3.8, 4) is 6.07 Å². The predicted molar refractivity (Wildman–Crippen MR) is 92.6 cm³/mol. The Balaban J connectivity index is 1.85. The second-order valence-electron chi connectivity index (χ2n) is 6.03. The molecule has 0 saturated carbocycles. The lowest BCUT2D eigenvalue weighted by Gasteiger charge is -2.21. The van der Waals surface area contributed by atoms with Crippen molar-refractivity contribution in [3.05, 3.63) is 12.7 Å². The van der Waals surface area contributed by atoms with E-state index in [0.717, 1.165) is 0 Å². The van der Waals surface area contributed by atoms with E-state index in [1.54, 1.807) is 0 Å². The van der Waals surface area contributed by atoms with Gasteiger partial charge in [-0.1, -0.05) is 0 Å². The van der Waals surface area contributed by atoms with Crippen LogP contribution in [0.25, 0.3) is 11.2 Å². The maximum atomic E-state index is 11.3. The fourth-order valence-electron chi connectivity index (χ4n) is 2.87. The van der Waals surface area contributed by atoms with Gasteiger partial charge in [0.05, 0.1) is 32.0 Å². The Bertz CT molecular complexity index is 867. The molecule has 0 unspecified atom stereocenters. The molecule has 4 atom stereocenters. The molecule has 150 valence electrons. The van der Waals surface area contributed by atoms with Crippen LogP contribution in [0, 0.1) is 11.3 Å². The van der Waals surface area contributed by atoms with Crippen molar-refractivity contribution < 1.29 is 29.2 Å². The van der Waals surface area contributed by atoms with Crippen molar-refractivity contribution in [1.29, 1.82) is 5.26 Å². The van der Waals surface area contributed by atoms with Gasteiger partial charge in [-0.25, -0.2) is 15.0 Å². The van der Waals surface area contributed by atoms with Gasteiger partial charge in [0.25, 0.3) is 0 Å². The smallest absolute Gasteiger partial charge is 0.222 e. The monoisotopic (exact) mass is 392 g/mol. The van der Waals surface area contributed by atoms with Gasteiger partial charge in [0.2, 0.25) is 5.91 Å². The topological polar surface area (TPSA) is 165 Å². The highest BCUT2D eigenvalue weighted by atomic mass is 16.7. The lowest BCUT2D eigenvalue weighted by atomic mass is 10.1. The zero-order valence-electron chi connectivity index (χ0n) is 15.1. The normalized spacial score (nSPS) is 24.4. The molecule has 3 rings (SSSR count). The number of hydrogen-bond donors (Lipinski definition) is 3. The third-order valence-corrected chi connectivity index (χ3v) is 4.12. The van der Waals surface area contributed by atoms with Crippen LogP contribution >= 0.6 is 0 Å². The average Bonchev–Trinajstić information content (AvgIpc) is 3.23. The van der Waals surface area contributed by atoms with Gasteiger partial charge in [-0.15, -0.1) is 0 Å². The quantitative estimate of drug-likeness (QED) is 0.387. The molecule has 28 heavy (non-hydrogen) atoms. The first-order valence-corrected chi connectivity index (χ1v) is 8.52. The Morgan fingerprint density at radius 1 is 1.46 bits per heavy atom. The zero-order chi connectivity index (χ0) is 20.1. The molecule has 0 aromatic carbocycles. The van der Waals surface area contributed by atoms with E-state index in [-0.39, 0.29) is 31.5 Å². The summed E-state index contributed by atoms with van der Waals surface area (Å²) in [5.41, 5.74) is 0.695. The van der Waals surface area contributed by atoms with Crippen LogP contribution in [-0.4, -0.2) is 74.0 Å². The van der Waals surface area contributed by atoms with E-state index in [0.29, 0.717) is 11.2 Å². The second-order valence-corrected chi connectivity index (χ2v) is 6.03. The number of aliphatic hydroxyl groups excluding tert-OH is 2. The Morgan fingerprint density at radius 2 is 2.29 bits per heavy atom. The SMILES string of the molecule is CC(=O)Nc1ncnc2c1ncn2[C@@H]1O[C@H](CO)[C@@H](O)[C@H]1OCOCCC#N. The number of imidazole rings is 1. The summed E-state index contributed by atoms with van der Waals surface area (Å²) in [4.78, 5) is 23.7. The van der Waals surface area contributed by atoms with Crippen LogP contribution in [0.2, 0.25) is 0 Å². The van der Waals surface area contributed by atoms with Crippen LogP contribution in [0.1, 0.15) is 19.6 Å². The van der Waals surface area contributed by atoms with Gasteiger partial charge in [0.15, 0.2) is 23.2 Å². The highest BCUT2D eigenvalue weighted by molar-refractivity contribution is 5.95. The number of carbonyl (C=O) groups is 1. The van der Waals surface area contributed by atoms with Gasteiger partial charge in [0.1, 0.15) is 31.4 Å². The largest absolute Gasteiger partial charge is 0.394 e. The van der Waals surface area contributed by atoms with E-state index in [4.69, 9.17) is 19.5 Å². The van der Waals surface area contributed by atoms with Crippen LogP contribution in [0.5, 0.6) is 0 Å². The Hall–Kier alpha value is -2.69. The molecule has 1 aliphatic rings. The molecule has 1 saturated heterocycles. The summed E-state index contributed by atoms with van der Waals surface area (Å²) in [5, 5.41) is 31.0. The zero-order valence-corrected chi connectivity index (χ0v) is 15.1. The Morgan fingerprint density at radius 3 is 3.00 bits per heavy atom. The molecule has 1 amide bonds. The number of anilines is 1. The number of amides is 1. The number of rotatable bonds is 8. The summed E-state index contributed by atoms with van der Waals surface area (Å²) in [5.74, 6) is -0.0658. The van der Waals surface area contributed by atoms with Crippen molar-refractivity contribution >= 4 is 22.9 Å². The highest BCUT2D eigenvalue weighted by Gasteiger charge is 2.46. The van der Waals surface area contributed by atoms with Crippen molar-refractivity contribution in [2.75, 3.05) is 25.3 Å². The van der Waals surface area contributed by atoms with E-state index in [9.17, 15) is 15.0 Å². The van der Waals surface area contributed by atoms with Gasteiger partial charge in [-0.3, -0.25) is 9.36 Å². The fraction of sp³-hybridized carbons (Fsp3) is 0.562. The van der Waals surface area contributed by atoms with Gasteiger partial charge in [-0.05, 0) is 0 Å². The summed E-state index contributed by atoms with van der Waals surface area (Å²) in [6, 6.07) is 1.95. The predicted octanol–water partition coefficient (Wildman–Crippen LogP) is -0.692. The van der Waals surface area contributed by atoms with Crippen molar-refractivity contribution in [1.82, 2.24) is 19.5 Å². The van der Waals surface area contributed by atoms with E-state index in [2.05, 4.69) is 20.3 Å². The number of nitrogens with one attached hydrogen (secondary N) is 1. The van der Waals surface area contributed by atoms with Gasteiger partial charge in [-0.2, -0.15) is 5.26 Å². The summed E-state index contributed by atoms with van der Waals surface area (Å²) in [6.45, 7) is 0.963. The fourth-order valence-corrected chi connectivity index (χ4v) is 2.87. The summed E-state index contributed by atoms with van der Waals surface area (Å²) < 4.78 is 18.1. The number of nitrogens with zero attached hydrogens (tertiary/aromatic N) is 5. The molecule has 12 heteroatoms. The number of hydrogen-bond acceptors (Lipinski definition) is 10. The van der Waals surface area contributed by atoms with Crippen LogP contribution in [0.3, 0.4) is 0 Å². The molecular weight excluding hydrogens is 372 g/mol. The lowest BCUT2D eigenvalue weighted by molar-refractivity contribution is -0.137. The molecular formula is C16H20N6O6. The molecule has 1 fully saturated rings. The minimum absolute atomic E-state index is 0.166. The second kappa shape index (κ2) is 9.00. The number of fused-ring (bicyclic) bond motifs is 1. The van der Waals surface area contributed by atoms with E-state index >= 15 is 0 Å². The van der Waals surface area contributed by atoms with Crippen LogP contribution in [0.4, 0.5) is 5.82 Å². The molecule has 0 spiro atoms. The minimum atomic E-state index is -1.12. The molecule has 3 heterocycles. The third kappa shape index (κ3) is 4.08. The van der Waals surface area contributed by atoms with Crippen molar-refractivity contribution in [2.24, 2.45) is 0 Å². The molecule has 0 aliphatic carbocycles. The average molecular weight is 392 g/mol. The maximum Gasteiger partial charge on any atom is 0.222 e. The highest BCUT2D eigenvalue weighted by Crippen LogP contribution is 2.34. The molecule has 12 nitrogen and oxygen atoms in total. The molecule has 0 bridgehead atoms. The number of aliphatic hydroxyl groups is 2. The van der Waals surface area contributed by atoms with E-state index in [1.807, 2.05) is 6.07 Å². The van der Waals surface area contributed by atoms with Gasteiger partial charge >= 0.3 is 0 Å². The number of aromatic nitrogens is 4. The van der Waals surface area contributed by atoms with Crippen LogP contribution < -0.4 is 5.32 Å². The standard InChI is InChI=1S/C16H20N6O6/c1-9(24)21-14-11-15(19-6-18-14)22(7-20-11)16-13(12(25)10(5-23)28-16)27-8-26-4-2-3-17/h6-7,10,12-13,16,23,25H,2,4-5,8H2,1H3,(H,18,19,21,24)/t10-,12-,13-,16-/m1/s1. The molecule has 2 aromatic heterocycles. The molecule has 2 aromatic rings. The van der Waals surface area contributed by atoms with Crippen LogP contribution in [0.15, 0.2) is 12.7 Å². The maximum absolute atomic E-state index is 11.3. The van der Waals surface area contributed by atoms with E-state index < -0.39 is 31.1 Å². The summed E-state index contributed by atoms with van der Waals surface area (Å²) in [6.07, 6.45) is -0.819. The third-order valence-electron chi connectivity index (χ3n) is 4.12. The first-order valence-electron chi connectivity index (χ1n) is 8.52. The van der Waals surface area contributed by atoms with Crippen molar-refractivity contribution in [3.63, 3.8) is 0 Å². The Kier molecular flexibility index (Phi) is 6.45. The van der Waals surface area contributed by atoms with Gasteiger partial charge in [0, 0.05) is 6.92 Å². The summed E-state index contributed by atoms with van der Waals surface area (Å²) in [7, 11) is 0. The van der Waals surface area contributed by atoms with E-state index in [1.165, 1.54) is 24.1 Å². The minimum Gasteiger partial charge on any atom is -0.394 e. The number of carbonyl (C=O) groups excluding carboxylic acids is 1. The molecule has 0 radical (unpaired) electrons. The molecule has 1 aliphatic heterocycles. The summed E-state index contributed by atoms with van der Waals surface area (Å²) >= 11 is 0. The molecule has 3 N–H and O–H groups in total. The van der Waals surface area contributed by atoms with Crippen LogP contribution in [-0.2, 0) is 19.0 Å². The Labute approximate surface area is 159 Å². The number of nitriles is 1. The number of ether oxygens (including phenoxy) is 3. The first-order chi connectivity index (χ1) is 13.6. The lowest BCUT2D eigenvalue weighted by Crippen LogP contribution is -2.36. The van der Waals surface area contributed by atoms with Gasteiger partial charge < -0.3 is 29.7 Å². The van der Waals surface area contributed by atoms with Crippen molar-refractivity contribution in [2.45, 2.75) is 37.9 Å².